The Balaban J connectivity index is 2.03. The molecule has 0 saturated heterocycles. The van der Waals surface area contributed by atoms with Crippen molar-refractivity contribution in [3.63, 3.8) is 0 Å². The summed E-state index contributed by atoms with van der Waals surface area (Å²) >= 11 is 0. The molecule has 3 rings (SSSR count). The van der Waals surface area contributed by atoms with Gasteiger partial charge < -0.3 is 11.1 Å². The third-order valence-corrected chi connectivity index (χ3v) is 2.92. The zero-order valence-electron chi connectivity index (χ0n) is 10.6. The van der Waals surface area contributed by atoms with Gasteiger partial charge in [0.15, 0.2) is 0 Å². The molecule has 0 aliphatic carbocycles. The first-order valence-electron chi connectivity index (χ1n) is 6.11. The van der Waals surface area contributed by atoms with Gasteiger partial charge in [0.2, 0.25) is 0 Å². The number of anilines is 2. The molecule has 98 valence electrons. The minimum absolute atomic E-state index is 0.221. The predicted molar refractivity (Wildman–Crippen MR) is 78.3 cm³/mol. The van der Waals surface area contributed by atoms with Crippen LogP contribution in [0.5, 0.6) is 0 Å². The predicted octanol–water partition coefficient (Wildman–Crippen LogP) is 2.46. The van der Waals surface area contributed by atoms with Crippen LogP contribution in [0.2, 0.25) is 0 Å². The Hall–Kier alpha value is -2.95. The van der Waals surface area contributed by atoms with E-state index in [1.807, 2.05) is 24.3 Å². The molecular weight excluding hydrogens is 252 g/mol. The third kappa shape index (κ3) is 2.29. The lowest BCUT2D eigenvalue weighted by molar-refractivity contribution is 0.102. The maximum absolute atomic E-state index is 12.4. The van der Waals surface area contributed by atoms with E-state index in [4.69, 9.17) is 5.73 Å². The maximum Gasteiger partial charge on any atom is 0.256 e. The second-order valence-electron chi connectivity index (χ2n) is 4.30. The summed E-state index contributed by atoms with van der Waals surface area (Å²) in [6.45, 7) is 0. The first-order valence-corrected chi connectivity index (χ1v) is 6.11. The van der Waals surface area contributed by atoms with Crippen molar-refractivity contribution in [2.75, 3.05) is 11.1 Å². The molecule has 0 atom stereocenters. The van der Waals surface area contributed by atoms with Gasteiger partial charge in [-0.15, -0.1) is 0 Å². The lowest BCUT2D eigenvalue weighted by Gasteiger charge is -2.08. The summed E-state index contributed by atoms with van der Waals surface area (Å²) < 4.78 is 0. The number of nitrogens with one attached hydrogen (secondary N) is 1. The number of nitrogens with zero attached hydrogens (tertiary/aromatic N) is 2. The van der Waals surface area contributed by atoms with Gasteiger partial charge in [-0.25, -0.2) is 4.98 Å². The molecule has 0 aliphatic heterocycles. The summed E-state index contributed by atoms with van der Waals surface area (Å²) in [4.78, 5) is 20.5. The molecule has 20 heavy (non-hydrogen) atoms. The number of amides is 1. The van der Waals surface area contributed by atoms with Crippen LogP contribution < -0.4 is 11.1 Å². The minimum Gasteiger partial charge on any atom is -0.384 e. The zero-order chi connectivity index (χ0) is 13.9. The number of nitrogen functional groups attached to an aromatic ring is 1. The van der Waals surface area contributed by atoms with E-state index in [0.29, 0.717) is 22.6 Å². The Morgan fingerprint density at radius 3 is 2.65 bits per heavy atom. The number of benzene rings is 1. The van der Waals surface area contributed by atoms with Crippen molar-refractivity contribution in [2.24, 2.45) is 0 Å². The number of para-hydroxylation sites is 1. The molecule has 0 radical (unpaired) electrons. The van der Waals surface area contributed by atoms with E-state index in [-0.39, 0.29) is 5.91 Å². The van der Waals surface area contributed by atoms with E-state index < -0.39 is 0 Å². The second-order valence-corrected chi connectivity index (χ2v) is 4.30. The van der Waals surface area contributed by atoms with Crippen LogP contribution >= 0.6 is 0 Å². The number of nitrogens with two attached hydrogens (primary N) is 1. The molecule has 5 nitrogen and oxygen atoms in total. The highest BCUT2D eigenvalue weighted by Gasteiger charge is 2.12. The number of hydrogen-bond acceptors (Lipinski definition) is 4. The van der Waals surface area contributed by atoms with E-state index in [1.54, 1.807) is 30.6 Å². The topological polar surface area (TPSA) is 80.9 Å². The van der Waals surface area contributed by atoms with Crippen molar-refractivity contribution in [3.05, 3.63) is 60.4 Å². The standard InChI is InChI=1S/C15H12N4O/c16-14-9-12(11-3-1-2-4-13(11)19-14)15(20)18-10-5-7-17-8-6-10/h1-9H,(H2,16,19)(H,17,18,20). The molecule has 0 saturated carbocycles. The van der Waals surface area contributed by atoms with Gasteiger partial charge in [0, 0.05) is 23.5 Å². The van der Waals surface area contributed by atoms with Crippen molar-refractivity contribution >= 4 is 28.3 Å². The fourth-order valence-corrected chi connectivity index (χ4v) is 2.02. The summed E-state index contributed by atoms with van der Waals surface area (Å²) in [7, 11) is 0. The van der Waals surface area contributed by atoms with Crippen molar-refractivity contribution in [2.45, 2.75) is 0 Å². The van der Waals surface area contributed by atoms with E-state index in [9.17, 15) is 4.79 Å². The van der Waals surface area contributed by atoms with Crippen molar-refractivity contribution in [1.82, 2.24) is 9.97 Å². The van der Waals surface area contributed by atoms with Crippen molar-refractivity contribution in [1.29, 1.82) is 0 Å². The largest absolute Gasteiger partial charge is 0.384 e. The Kier molecular flexibility index (Phi) is 3.01. The molecule has 5 heteroatoms. The number of pyridine rings is 2. The van der Waals surface area contributed by atoms with Gasteiger partial charge in [-0.2, -0.15) is 0 Å². The Morgan fingerprint density at radius 2 is 1.85 bits per heavy atom. The molecule has 2 heterocycles. The van der Waals surface area contributed by atoms with Gasteiger partial charge in [0.1, 0.15) is 5.82 Å². The van der Waals surface area contributed by atoms with Gasteiger partial charge in [-0.05, 0) is 24.3 Å². The van der Waals surface area contributed by atoms with Crippen LogP contribution in [0.4, 0.5) is 11.5 Å². The molecule has 2 aromatic heterocycles. The highest BCUT2D eigenvalue weighted by atomic mass is 16.1. The monoisotopic (exact) mass is 264 g/mol. The van der Waals surface area contributed by atoms with Gasteiger partial charge in [0.05, 0.1) is 11.1 Å². The number of fused-ring (bicyclic) bond motifs is 1. The normalized spacial score (nSPS) is 10.4. The lowest BCUT2D eigenvalue weighted by Crippen LogP contribution is -2.13. The van der Waals surface area contributed by atoms with E-state index >= 15 is 0 Å². The first-order chi connectivity index (χ1) is 9.74. The molecule has 3 aromatic rings. The first kappa shape index (κ1) is 12.1. The van der Waals surface area contributed by atoms with Crippen LogP contribution in [0.1, 0.15) is 10.4 Å². The van der Waals surface area contributed by atoms with Crippen LogP contribution in [0.3, 0.4) is 0 Å². The van der Waals surface area contributed by atoms with Crippen LogP contribution in [-0.4, -0.2) is 15.9 Å². The quantitative estimate of drug-likeness (QED) is 0.745. The molecule has 1 aromatic carbocycles. The summed E-state index contributed by atoms with van der Waals surface area (Å²) in [6, 6.07) is 12.4. The molecule has 0 spiro atoms. The van der Waals surface area contributed by atoms with E-state index in [1.165, 1.54) is 0 Å². The van der Waals surface area contributed by atoms with E-state index in [0.717, 1.165) is 5.39 Å². The SMILES string of the molecule is Nc1cc(C(=O)Nc2ccncc2)c2ccccc2n1. The molecular formula is C15H12N4O. The van der Waals surface area contributed by atoms with Crippen LogP contribution in [0.25, 0.3) is 10.9 Å². The summed E-state index contributed by atoms with van der Waals surface area (Å²) in [5, 5.41) is 3.59. The van der Waals surface area contributed by atoms with E-state index in [2.05, 4.69) is 15.3 Å². The number of hydrogen-bond donors (Lipinski definition) is 2. The Bertz CT molecular complexity index is 771. The Labute approximate surface area is 115 Å². The zero-order valence-corrected chi connectivity index (χ0v) is 10.6. The lowest BCUT2D eigenvalue weighted by atomic mass is 10.1. The van der Waals surface area contributed by atoms with Crippen LogP contribution in [0.15, 0.2) is 54.9 Å². The Morgan fingerprint density at radius 1 is 1.10 bits per heavy atom. The summed E-state index contributed by atoms with van der Waals surface area (Å²) in [5.41, 5.74) is 7.65. The highest BCUT2D eigenvalue weighted by molar-refractivity contribution is 6.12. The number of rotatable bonds is 2. The average Bonchev–Trinajstić information content (AvgIpc) is 2.47. The second kappa shape index (κ2) is 4.97. The van der Waals surface area contributed by atoms with Crippen molar-refractivity contribution < 1.29 is 4.79 Å². The van der Waals surface area contributed by atoms with Gasteiger partial charge in [-0.3, -0.25) is 9.78 Å². The number of aromatic nitrogens is 2. The minimum atomic E-state index is -0.221. The molecule has 0 bridgehead atoms. The fourth-order valence-electron chi connectivity index (χ4n) is 2.02. The van der Waals surface area contributed by atoms with Gasteiger partial charge in [-0.1, -0.05) is 18.2 Å². The fraction of sp³-hybridized carbons (Fsp3) is 0. The third-order valence-electron chi connectivity index (χ3n) is 2.92. The average molecular weight is 264 g/mol. The molecule has 3 N–H and O–H groups in total. The van der Waals surface area contributed by atoms with Crippen molar-refractivity contribution in [3.8, 4) is 0 Å². The van der Waals surface area contributed by atoms with Gasteiger partial charge in [0.25, 0.3) is 5.91 Å². The maximum atomic E-state index is 12.4. The van der Waals surface area contributed by atoms with Crippen LogP contribution in [-0.2, 0) is 0 Å². The molecule has 1 amide bonds. The molecule has 0 aliphatic rings. The smallest absolute Gasteiger partial charge is 0.256 e. The van der Waals surface area contributed by atoms with Crippen LogP contribution in [0, 0.1) is 0 Å². The molecule has 0 unspecified atom stereocenters. The number of carbonyl (C=O) groups excluding carboxylic acids is 1. The summed E-state index contributed by atoms with van der Waals surface area (Å²) in [5.74, 6) is 0.102. The van der Waals surface area contributed by atoms with Gasteiger partial charge >= 0.3 is 0 Å². The highest BCUT2D eigenvalue weighted by Crippen LogP contribution is 2.20. The number of carbonyl (C=O) groups is 1. The summed E-state index contributed by atoms with van der Waals surface area (Å²) in [6.07, 6.45) is 3.24. The molecule has 0 fully saturated rings.